The molecule has 0 radical (unpaired) electrons. The lowest BCUT2D eigenvalue weighted by Gasteiger charge is -2.19. The average Bonchev–Trinajstić information content (AvgIpc) is 2.70. The van der Waals surface area contributed by atoms with E-state index in [0.717, 1.165) is 16.3 Å². The number of aliphatic hydroxyl groups is 2. The van der Waals surface area contributed by atoms with E-state index in [9.17, 15) is 20.1 Å². The Hall–Kier alpha value is -3.09. The maximum absolute atomic E-state index is 11.7. The van der Waals surface area contributed by atoms with Crippen molar-refractivity contribution in [1.29, 1.82) is 0 Å². The molecule has 0 fully saturated rings. The van der Waals surface area contributed by atoms with Gasteiger partial charge in [0.25, 0.3) is 0 Å². The Balaban J connectivity index is 1.54. The molecule has 140 valence electrons. The van der Waals surface area contributed by atoms with Crippen LogP contribution in [0.3, 0.4) is 0 Å². The molecule has 0 aliphatic rings. The molecule has 4 N–H and O–H groups in total. The first-order valence-corrected chi connectivity index (χ1v) is 8.56. The number of aliphatic hydroxyl groups excluding tert-OH is 2. The highest BCUT2D eigenvalue weighted by Crippen LogP contribution is 2.25. The lowest BCUT2D eigenvalue weighted by molar-refractivity contribution is 0.0185. The summed E-state index contributed by atoms with van der Waals surface area (Å²) in [5.41, 5.74) is 1.34. The van der Waals surface area contributed by atoms with E-state index in [4.69, 9.17) is 4.74 Å². The molecule has 0 spiro atoms. The molecule has 27 heavy (non-hydrogen) atoms. The van der Waals surface area contributed by atoms with Crippen molar-refractivity contribution in [3.63, 3.8) is 0 Å². The number of phenolic OH excluding ortho intramolecular Hbond substituents is 1. The second kappa shape index (κ2) is 8.53. The van der Waals surface area contributed by atoms with E-state index in [1.54, 1.807) is 36.4 Å². The fraction of sp³-hybridized carbons (Fsp3) is 0.190. The molecular weight excluding hydrogens is 346 g/mol. The summed E-state index contributed by atoms with van der Waals surface area (Å²) in [6.45, 7) is -0.0354. The number of phenols is 1. The number of benzene rings is 3. The minimum absolute atomic E-state index is 0.123. The molecule has 0 aliphatic heterocycles. The summed E-state index contributed by atoms with van der Waals surface area (Å²) in [4.78, 5) is 11.7. The van der Waals surface area contributed by atoms with Crippen LogP contribution in [-0.4, -0.2) is 34.1 Å². The van der Waals surface area contributed by atoms with Gasteiger partial charge in [-0.3, -0.25) is 0 Å². The third-order valence-corrected chi connectivity index (χ3v) is 4.22. The zero-order valence-corrected chi connectivity index (χ0v) is 14.6. The van der Waals surface area contributed by atoms with Crippen molar-refractivity contribution >= 4 is 16.9 Å². The fourth-order valence-corrected chi connectivity index (χ4v) is 2.73. The van der Waals surface area contributed by atoms with Gasteiger partial charge in [-0.25, -0.2) is 4.79 Å². The highest BCUT2D eigenvalue weighted by molar-refractivity contribution is 5.84. The van der Waals surface area contributed by atoms with Gasteiger partial charge >= 0.3 is 6.09 Å². The maximum atomic E-state index is 11.7. The Morgan fingerprint density at radius 1 is 0.963 bits per heavy atom. The number of ether oxygens (including phenoxy) is 1. The first-order valence-electron chi connectivity index (χ1n) is 8.56. The number of hydrogen-bond donors (Lipinski definition) is 4. The molecular formula is C21H21NO5. The summed E-state index contributed by atoms with van der Waals surface area (Å²) in [5.74, 6) is 0.123. The van der Waals surface area contributed by atoms with Crippen molar-refractivity contribution in [3.8, 4) is 5.75 Å². The molecule has 2 atom stereocenters. The molecule has 0 saturated carbocycles. The van der Waals surface area contributed by atoms with Crippen LogP contribution in [0.2, 0.25) is 0 Å². The van der Waals surface area contributed by atoms with Crippen molar-refractivity contribution in [3.05, 3.63) is 77.9 Å². The smallest absolute Gasteiger partial charge is 0.407 e. The molecule has 2 unspecified atom stereocenters. The van der Waals surface area contributed by atoms with E-state index >= 15 is 0 Å². The van der Waals surface area contributed by atoms with E-state index in [2.05, 4.69) is 5.32 Å². The monoisotopic (exact) mass is 367 g/mol. The summed E-state index contributed by atoms with van der Waals surface area (Å²) in [6, 6.07) is 19.3. The fourth-order valence-electron chi connectivity index (χ4n) is 2.73. The summed E-state index contributed by atoms with van der Waals surface area (Å²) in [7, 11) is 0. The third-order valence-electron chi connectivity index (χ3n) is 4.22. The van der Waals surface area contributed by atoms with E-state index in [1.807, 2.05) is 30.3 Å². The van der Waals surface area contributed by atoms with E-state index in [1.165, 1.54) is 0 Å². The SMILES string of the molecule is O=C(NCC(O)C(O)c1ccc2ccc(O)cc2c1)OCc1ccccc1. The van der Waals surface area contributed by atoms with Crippen LogP contribution in [0.5, 0.6) is 5.75 Å². The summed E-state index contributed by atoms with van der Waals surface area (Å²) < 4.78 is 5.06. The number of nitrogens with one attached hydrogen (secondary N) is 1. The summed E-state index contributed by atoms with van der Waals surface area (Å²) in [6.07, 6.45) is -3.07. The van der Waals surface area contributed by atoms with Gasteiger partial charge in [0.15, 0.2) is 0 Å². The van der Waals surface area contributed by atoms with E-state index < -0.39 is 18.3 Å². The zero-order valence-electron chi connectivity index (χ0n) is 14.6. The quantitative estimate of drug-likeness (QED) is 0.537. The molecule has 3 aromatic carbocycles. The number of amides is 1. The molecule has 0 aliphatic carbocycles. The Morgan fingerprint density at radius 2 is 1.70 bits per heavy atom. The molecule has 6 heteroatoms. The highest BCUT2D eigenvalue weighted by atomic mass is 16.5. The van der Waals surface area contributed by atoms with Gasteiger partial charge in [-0.1, -0.05) is 48.5 Å². The number of fused-ring (bicyclic) bond motifs is 1. The van der Waals surface area contributed by atoms with Crippen LogP contribution in [0.15, 0.2) is 66.7 Å². The molecule has 0 heterocycles. The minimum Gasteiger partial charge on any atom is -0.508 e. The molecule has 1 amide bonds. The van der Waals surface area contributed by atoms with Gasteiger partial charge in [-0.2, -0.15) is 0 Å². The van der Waals surface area contributed by atoms with E-state index in [0.29, 0.717) is 5.56 Å². The Labute approximate surface area is 156 Å². The predicted octanol–water partition coefficient (Wildman–Crippen LogP) is 2.87. The molecule has 3 rings (SSSR count). The molecule has 0 aromatic heterocycles. The van der Waals surface area contributed by atoms with Crippen LogP contribution >= 0.6 is 0 Å². The van der Waals surface area contributed by atoms with Gasteiger partial charge < -0.3 is 25.4 Å². The van der Waals surface area contributed by atoms with Crippen LogP contribution in [-0.2, 0) is 11.3 Å². The number of alkyl carbamates (subject to hydrolysis) is 1. The zero-order chi connectivity index (χ0) is 19.2. The largest absolute Gasteiger partial charge is 0.508 e. The van der Waals surface area contributed by atoms with Gasteiger partial charge in [0.1, 0.15) is 24.6 Å². The Bertz CT molecular complexity index is 913. The molecule has 3 aromatic rings. The number of hydrogen-bond acceptors (Lipinski definition) is 5. The lowest BCUT2D eigenvalue weighted by atomic mass is 10.00. The van der Waals surface area contributed by atoms with Gasteiger partial charge in [0, 0.05) is 6.54 Å². The predicted molar refractivity (Wildman–Crippen MR) is 101 cm³/mol. The second-order valence-electron chi connectivity index (χ2n) is 6.25. The maximum Gasteiger partial charge on any atom is 0.407 e. The topological polar surface area (TPSA) is 99.0 Å². The summed E-state index contributed by atoms with van der Waals surface area (Å²) in [5, 5.41) is 34.2. The van der Waals surface area contributed by atoms with Crippen molar-refractivity contribution in [1.82, 2.24) is 5.32 Å². The number of aromatic hydroxyl groups is 1. The minimum atomic E-state index is -1.20. The van der Waals surface area contributed by atoms with Gasteiger partial charge in [-0.15, -0.1) is 0 Å². The van der Waals surface area contributed by atoms with Gasteiger partial charge in [0.2, 0.25) is 0 Å². The lowest BCUT2D eigenvalue weighted by Crippen LogP contribution is -2.35. The normalized spacial score (nSPS) is 13.1. The Kier molecular flexibility index (Phi) is 5.90. The van der Waals surface area contributed by atoms with Crippen LogP contribution in [0.4, 0.5) is 4.79 Å². The summed E-state index contributed by atoms with van der Waals surface area (Å²) >= 11 is 0. The van der Waals surface area contributed by atoms with Gasteiger partial charge in [-0.05, 0) is 40.1 Å². The highest BCUT2D eigenvalue weighted by Gasteiger charge is 2.19. The van der Waals surface area contributed by atoms with Crippen LogP contribution < -0.4 is 5.32 Å². The first-order chi connectivity index (χ1) is 13.0. The van der Waals surface area contributed by atoms with Crippen LogP contribution in [0, 0.1) is 0 Å². The van der Waals surface area contributed by atoms with Crippen molar-refractivity contribution in [2.45, 2.75) is 18.8 Å². The van der Waals surface area contributed by atoms with Crippen LogP contribution in [0.25, 0.3) is 10.8 Å². The number of carbonyl (C=O) groups excluding carboxylic acids is 1. The van der Waals surface area contributed by atoms with Gasteiger partial charge in [0.05, 0.1) is 0 Å². The van der Waals surface area contributed by atoms with Crippen molar-refractivity contribution in [2.24, 2.45) is 0 Å². The van der Waals surface area contributed by atoms with E-state index in [-0.39, 0.29) is 18.9 Å². The molecule has 6 nitrogen and oxygen atoms in total. The number of carbonyl (C=O) groups is 1. The van der Waals surface area contributed by atoms with Crippen molar-refractivity contribution < 1.29 is 24.9 Å². The third kappa shape index (κ3) is 4.97. The standard InChI is InChI=1S/C21H21NO5/c23-18-9-8-15-6-7-16(10-17(15)11-18)20(25)19(24)12-22-21(26)27-13-14-4-2-1-3-5-14/h1-11,19-20,23-25H,12-13H2,(H,22,26). The first kappa shape index (κ1) is 18.7. The van der Waals surface area contributed by atoms with Crippen LogP contribution in [0.1, 0.15) is 17.2 Å². The molecule has 0 saturated heterocycles. The van der Waals surface area contributed by atoms with Crippen molar-refractivity contribution in [2.75, 3.05) is 6.54 Å². The average molecular weight is 367 g/mol. The second-order valence-corrected chi connectivity index (χ2v) is 6.25. The molecule has 0 bridgehead atoms. The number of rotatable bonds is 6. The Morgan fingerprint density at radius 3 is 2.48 bits per heavy atom.